The number of hydrogen-bond donors (Lipinski definition) is 3. The number of carbonyl (C=O) groups excluding carboxylic acids is 1. The van der Waals surface area contributed by atoms with Crippen molar-refractivity contribution in [2.24, 2.45) is 0 Å². The van der Waals surface area contributed by atoms with E-state index in [4.69, 9.17) is 0 Å². The predicted octanol–water partition coefficient (Wildman–Crippen LogP) is 2.74. The first-order valence-corrected chi connectivity index (χ1v) is 6.68. The zero-order valence-electron chi connectivity index (χ0n) is 12.5. The number of imidazole rings is 1. The smallest absolute Gasteiger partial charge is 0.321 e. The normalized spacial score (nSPS) is 12.0. The minimum absolute atomic E-state index is 0.153. The number of H-pyrrole nitrogens is 1. The summed E-state index contributed by atoms with van der Waals surface area (Å²) in [6.45, 7) is 3.35. The summed E-state index contributed by atoms with van der Waals surface area (Å²) in [6.07, 6.45) is -2.68. The van der Waals surface area contributed by atoms with E-state index >= 15 is 0 Å². The Labute approximate surface area is 126 Å². The Morgan fingerprint density at radius 3 is 2.77 bits per heavy atom. The number of carbonyl (C=O) groups is 1. The third-order valence-corrected chi connectivity index (χ3v) is 2.93. The number of halogens is 2. The van der Waals surface area contributed by atoms with E-state index in [0.717, 1.165) is 0 Å². The van der Waals surface area contributed by atoms with Gasteiger partial charge < -0.3 is 20.3 Å². The molecule has 0 bridgehead atoms. The summed E-state index contributed by atoms with van der Waals surface area (Å²) in [7, 11) is 1.55. The highest BCUT2D eigenvalue weighted by molar-refractivity contribution is 5.91. The minimum atomic E-state index is -2.68. The lowest BCUT2D eigenvalue weighted by atomic mass is 10.1. The molecular formula is C14H18F2N4O2. The Morgan fingerprint density at radius 1 is 1.50 bits per heavy atom. The molecule has 0 radical (unpaired) electrons. The molecule has 2 amide bonds. The summed E-state index contributed by atoms with van der Waals surface area (Å²) in [5, 5.41) is 12.3. The fraction of sp³-hybridized carbons (Fsp3) is 0.429. The number of rotatable bonds is 4. The van der Waals surface area contributed by atoms with E-state index in [1.165, 1.54) is 11.0 Å². The Balaban J connectivity index is 2.12. The third kappa shape index (κ3) is 3.91. The average molecular weight is 312 g/mol. The van der Waals surface area contributed by atoms with Crippen molar-refractivity contribution < 1.29 is 18.7 Å². The summed E-state index contributed by atoms with van der Waals surface area (Å²) in [6, 6.07) is 4.25. The molecule has 2 rings (SSSR count). The molecule has 1 aromatic heterocycles. The molecule has 8 heteroatoms. The number of aromatic nitrogens is 2. The van der Waals surface area contributed by atoms with Crippen LogP contribution in [0.15, 0.2) is 18.2 Å². The molecular weight excluding hydrogens is 294 g/mol. The number of fused-ring (bicyclic) bond motifs is 1. The molecule has 0 saturated carbocycles. The van der Waals surface area contributed by atoms with Gasteiger partial charge in [0.1, 0.15) is 0 Å². The van der Waals surface area contributed by atoms with Crippen LogP contribution in [0.3, 0.4) is 0 Å². The average Bonchev–Trinajstić information content (AvgIpc) is 2.79. The summed E-state index contributed by atoms with van der Waals surface area (Å²) >= 11 is 0. The molecule has 6 nitrogen and oxygen atoms in total. The Morgan fingerprint density at radius 2 is 2.18 bits per heavy atom. The second-order valence-corrected chi connectivity index (χ2v) is 5.75. The van der Waals surface area contributed by atoms with Gasteiger partial charge in [0.15, 0.2) is 5.82 Å². The number of alkyl halides is 2. The van der Waals surface area contributed by atoms with Crippen molar-refractivity contribution >= 4 is 22.8 Å². The monoisotopic (exact) mass is 312 g/mol. The fourth-order valence-corrected chi connectivity index (χ4v) is 2.08. The van der Waals surface area contributed by atoms with Gasteiger partial charge in [-0.05, 0) is 32.0 Å². The van der Waals surface area contributed by atoms with E-state index in [1.54, 1.807) is 33.0 Å². The van der Waals surface area contributed by atoms with E-state index in [-0.39, 0.29) is 6.54 Å². The SMILES string of the molecule is CN(CC(C)(C)O)C(=O)Nc1ccc2nc(C(F)F)[nH]c2c1. The van der Waals surface area contributed by atoms with Crippen LogP contribution in [-0.2, 0) is 0 Å². The van der Waals surface area contributed by atoms with Crippen LogP contribution in [0.2, 0.25) is 0 Å². The van der Waals surface area contributed by atoms with Gasteiger partial charge in [0.25, 0.3) is 6.43 Å². The van der Waals surface area contributed by atoms with Crippen molar-refractivity contribution in [1.29, 1.82) is 0 Å². The first-order valence-electron chi connectivity index (χ1n) is 6.68. The topological polar surface area (TPSA) is 81.2 Å². The van der Waals surface area contributed by atoms with Crippen LogP contribution in [0.5, 0.6) is 0 Å². The van der Waals surface area contributed by atoms with Gasteiger partial charge in [-0.1, -0.05) is 0 Å². The maximum atomic E-state index is 12.6. The van der Waals surface area contributed by atoms with Crippen molar-refractivity contribution in [3.8, 4) is 0 Å². The van der Waals surface area contributed by atoms with Gasteiger partial charge in [-0.2, -0.15) is 0 Å². The van der Waals surface area contributed by atoms with E-state index in [2.05, 4.69) is 15.3 Å². The standard InChI is InChI=1S/C14H18F2N4O2/c1-14(2,22)7-20(3)13(21)17-8-4-5-9-10(6-8)19-12(18-9)11(15)16/h4-6,11,22H,7H2,1-3H3,(H,17,21)(H,18,19). The number of hydrogen-bond acceptors (Lipinski definition) is 3. The van der Waals surface area contributed by atoms with Gasteiger partial charge in [0, 0.05) is 12.7 Å². The summed E-state index contributed by atoms with van der Waals surface area (Å²) in [5.41, 5.74) is 0.256. The lowest BCUT2D eigenvalue weighted by molar-refractivity contribution is 0.0550. The molecule has 0 aliphatic heterocycles. The number of nitrogens with zero attached hydrogens (tertiary/aromatic N) is 2. The van der Waals surface area contributed by atoms with Gasteiger partial charge in [-0.15, -0.1) is 0 Å². The minimum Gasteiger partial charge on any atom is -0.389 e. The van der Waals surface area contributed by atoms with Crippen LogP contribution in [-0.4, -0.2) is 45.2 Å². The highest BCUT2D eigenvalue weighted by Crippen LogP contribution is 2.22. The fourth-order valence-electron chi connectivity index (χ4n) is 2.08. The first kappa shape index (κ1) is 16.2. The molecule has 2 aromatic rings. The summed E-state index contributed by atoms with van der Waals surface area (Å²) in [4.78, 5) is 19.6. The third-order valence-electron chi connectivity index (χ3n) is 2.93. The first-order chi connectivity index (χ1) is 10.2. The summed E-state index contributed by atoms with van der Waals surface area (Å²) < 4.78 is 25.2. The van der Waals surface area contributed by atoms with Crippen LogP contribution in [0, 0.1) is 0 Å². The van der Waals surface area contributed by atoms with Gasteiger partial charge in [0.2, 0.25) is 0 Å². The molecule has 0 aliphatic carbocycles. The molecule has 3 N–H and O–H groups in total. The molecule has 22 heavy (non-hydrogen) atoms. The number of nitrogens with one attached hydrogen (secondary N) is 2. The van der Waals surface area contributed by atoms with Crippen LogP contribution in [0.4, 0.5) is 19.3 Å². The highest BCUT2D eigenvalue weighted by Gasteiger charge is 2.19. The maximum absolute atomic E-state index is 12.6. The van der Waals surface area contributed by atoms with Crippen molar-refractivity contribution in [1.82, 2.24) is 14.9 Å². The van der Waals surface area contributed by atoms with E-state index in [0.29, 0.717) is 16.7 Å². The molecule has 0 unspecified atom stereocenters. The number of aliphatic hydroxyl groups is 1. The molecule has 0 saturated heterocycles. The Hall–Kier alpha value is -2.22. The number of likely N-dealkylation sites (N-methyl/N-ethyl adjacent to an activating group) is 1. The van der Waals surface area contributed by atoms with E-state index in [9.17, 15) is 18.7 Å². The number of urea groups is 1. The highest BCUT2D eigenvalue weighted by atomic mass is 19.3. The molecule has 0 spiro atoms. The zero-order valence-corrected chi connectivity index (χ0v) is 12.5. The van der Waals surface area contributed by atoms with Crippen LogP contribution < -0.4 is 5.32 Å². The number of benzene rings is 1. The number of aromatic amines is 1. The predicted molar refractivity (Wildman–Crippen MR) is 79.0 cm³/mol. The molecule has 1 aromatic carbocycles. The largest absolute Gasteiger partial charge is 0.389 e. The second kappa shape index (κ2) is 5.88. The maximum Gasteiger partial charge on any atom is 0.321 e. The lowest BCUT2D eigenvalue weighted by Crippen LogP contribution is -2.41. The molecule has 120 valence electrons. The van der Waals surface area contributed by atoms with Crippen molar-refractivity contribution in [2.45, 2.75) is 25.9 Å². The number of amides is 2. The Kier molecular flexibility index (Phi) is 4.32. The lowest BCUT2D eigenvalue weighted by Gasteiger charge is -2.25. The van der Waals surface area contributed by atoms with Gasteiger partial charge in [-0.3, -0.25) is 0 Å². The molecule has 0 fully saturated rings. The van der Waals surface area contributed by atoms with Crippen LogP contribution in [0.1, 0.15) is 26.1 Å². The molecule has 0 aliphatic rings. The summed E-state index contributed by atoms with van der Waals surface area (Å²) in [5.74, 6) is -0.405. The van der Waals surface area contributed by atoms with Crippen LogP contribution in [0.25, 0.3) is 11.0 Å². The number of anilines is 1. The van der Waals surface area contributed by atoms with Crippen LogP contribution >= 0.6 is 0 Å². The quantitative estimate of drug-likeness (QED) is 0.812. The van der Waals surface area contributed by atoms with E-state index in [1.807, 2.05) is 0 Å². The zero-order chi connectivity index (χ0) is 16.5. The van der Waals surface area contributed by atoms with Gasteiger partial charge in [0.05, 0.1) is 23.2 Å². The van der Waals surface area contributed by atoms with Gasteiger partial charge >= 0.3 is 6.03 Å². The van der Waals surface area contributed by atoms with E-state index < -0.39 is 23.9 Å². The molecule has 1 heterocycles. The van der Waals surface area contributed by atoms with Crippen molar-refractivity contribution in [3.63, 3.8) is 0 Å². The van der Waals surface area contributed by atoms with Crippen molar-refractivity contribution in [2.75, 3.05) is 18.9 Å². The van der Waals surface area contributed by atoms with Gasteiger partial charge in [-0.25, -0.2) is 18.6 Å². The molecule has 0 atom stereocenters. The van der Waals surface area contributed by atoms with Crippen molar-refractivity contribution in [3.05, 3.63) is 24.0 Å². The Bertz CT molecular complexity index is 679. The second-order valence-electron chi connectivity index (χ2n) is 5.75.